The Balaban J connectivity index is 1.81. The Hall–Kier alpha value is -3.41. The van der Waals surface area contributed by atoms with Gasteiger partial charge in [-0.15, -0.1) is 0 Å². The molecule has 1 aromatic heterocycles. The summed E-state index contributed by atoms with van der Waals surface area (Å²) in [6, 6.07) is 16.3. The molecule has 0 aliphatic heterocycles. The third kappa shape index (κ3) is 3.74. The number of nitrogens with zero attached hydrogens (tertiary/aromatic N) is 2. The van der Waals surface area contributed by atoms with E-state index in [1.54, 1.807) is 35.2 Å². The molecular weight excluding hydrogens is 316 g/mol. The first-order chi connectivity index (χ1) is 12.2. The number of benzene rings is 2. The van der Waals surface area contributed by atoms with Crippen LogP contribution in [0, 0.1) is 0 Å². The van der Waals surface area contributed by atoms with Gasteiger partial charge in [-0.3, -0.25) is 14.2 Å². The van der Waals surface area contributed by atoms with Crippen LogP contribution in [0.4, 0.5) is 5.69 Å². The summed E-state index contributed by atoms with van der Waals surface area (Å²) in [6.45, 7) is 2.40. The molecule has 0 fully saturated rings. The van der Waals surface area contributed by atoms with Crippen LogP contribution >= 0.6 is 0 Å². The second kappa shape index (κ2) is 7.44. The lowest BCUT2D eigenvalue weighted by molar-refractivity contribution is 0.0954. The van der Waals surface area contributed by atoms with Crippen molar-refractivity contribution in [2.75, 3.05) is 11.9 Å². The molecule has 0 radical (unpaired) electrons. The van der Waals surface area contributed by atoms with Crippen molar-refractivity contribution in [1.82, 2.24) is 14.9 Å². The Morgan fingerprint density at radius 2 is 1.84 bits per heavy atom. The molecule has 0 saturated carbocycles. The van der Waals surface area contributed by atoms with Gasteiger partial charge < -0.3 is 10.6 Å². The smallest absolute Gasteiger partial charge is 0.274 e. The summed E-state index contributed by atoms with van der Waals surface area (Å²) in [4.78, 5) is 28.6. The number of aromatic nitrogens is 2. The van der Waals surface area contributed by atoms with E-state index in [9.17, 15) is 9.59 Å². The van der Waals surface area contributed by atoms with Crippen molar-refractivity contribution in [2.45, 2.75) is 6.92 Å². The Morgan fingerprint density at radius 1 is 1.04 bits per heavy atom. The molecule has 2 aromatic carbocycles. The van der Waals surface area contributed by atoms with E-state index in [4.69, 9.17) is 0 Å². The SMILES string of the molecule is CCNC(=O)c1cccc(NC(=O)c2cncn2-c2ccccc2)c1. The number of imidazole rings is 1. The quantitative estimate of drug-likeness (QED) is 0.753. The van der Waals surface area contributed by atoms with Crippen LogP contribution < -0.4 is 10.6 Å². The van der Waals surface area contributed by atoms with Gasteiger partial charge in [-0.25, -0.2) is 4.98 Å². The molecule has 2 amide bonds. The van der Waals surface area contributed by atoms with Gasteiger partial charge in [0.25, 0.3) is 11.8 Å². The minimum absolute atomic E-state index is 0.173. The average Bonchev–Trinajstić information content (AvgIpc) is 3.13. The predicted octanol–water partition coefficient (Wildman–Crippen LogP) is 2.87. The number of hydrogen-bond acceptors (Lipinski definition) is 3. The minimum Gasteiger partial charge on any atom is -0.352 e. The first-order valence-electron chi connectivity index (χ1n) is 7.96. The van der Waals surface area contributed by atoms with Crippen molar-refractivity contribution in [1.29, 1.82) is 0 Å². The van der Waals surface area contributed by atoms with Crippen LogP contribution in [0.2, 0.25) is 0 Å². The van der Waals surface area contributed by atoms with Crippen molar-refractivity contribution in [3.8, 4) is 5.69 Å². The van der Waals surface area contributed by atoms with Crippen LogP contribution in [-0.2, 0) is 0 Å². The highest BCUT2D eigenvalue weighted by Gasteiger charge is 2.14. The zero-order valence-corrected chi connectivity index (χ0v) is 13.8. The highest BCUT2D eigenvalue weighted by atomic mass is 16.2. The van der Waals surface area contributed by atoms with Gasteiger partial charge >= 0.3 is 0 Å². The molecule has 2 N–H and O–H groups in total. The van der Waals surface area contributed by atoms with E-state index in [2.05, 4.69) is 15.6 Å². The van der Waals surface area contributed by atoms with Gasteiger partial charge in [-0.05, 0) is 37.3 Å². The third-order valence-electron chi connectivity index (χ3n) is 3.63. The second-order valence-electron chi connectivity index (χ2n) is 5.38. The zero-order chi connectivity index (χ0) is 17.6. The summed E-state index contributed by atoms with van der Waals surface area (Å²) in [7, 11) is 0. The first kappa shape index (κ1) is 16.4. The lowest BCUT2D eigenvalue weighted by Gasteiger charge is -2.10. The molecule has 3 rings (SSSR count). The number of amides is 2. The van der Waals surface area contributed by atoms with Gasteiger partial charge in [0.15, 0.2) is 0 Å². The monoisotopic (exact) mass is 334 g/mol. The Labute approximate surface area is 145 Å². The second-order valence-corrected chi connectivity index (χ2v) is 5.38. The summed E-state index contributed by atoms with van der Waals surface area (Å²) >= 11 is 0. The van der Waals surface area contributed by atoms with Gasteiger partial charge in [-0.1, -0.05) is 24.3 Å². The number of nitrogens with one attached hydrogen (secondary N) is 2. The lowest BCUT2D eigenvalue weighted by atomic mass is 10.2. The minimum atomic E-state index is -0.297. The fourth-order valence-electron chi connectivity index (χ4n) is 2.45. The van der Waals surface area contributed by atoms with Gasteiger partial charge in [0.2, 0.25) is 0 Å². The molecule has 0 aliphatic rings. The normalized spacial score (nSPS) is 10.3. The van der Waals surface area contributed by atoms with Crippen LogP contribution in [0.1, 0.15) is 27.8 Å². The predicted molar refractivity (Wildman–Crippen MR) is 96.0 cm³/mol. The summed E-state index contributed by atoms with van der Waals surface area (Å²) in [5.41, 5.74) is 2.31. The molecule has 0 spiro atoms. The number of rotatable bonds is 5. The van der Waals surface area contributed by atoms with Crippen molar-refractivity contribution in [3.63, 3.8) is 0 Å². The number of anilines is 1. The topological polar surface area (TPSA) is 76.0 Å². The molecule has 0 bridgehead atoms. The molecule has 1 heterocycles. The van der Waals surface area contributed by atoms with Gasteiger partial charge in [-0.2, -0.15) is 0 Å². The van der Waals surface area contributed by atoms with Crippen molar-refractivity contribution in [3.05, 3.63) is 78.4 Å². The highest BCUT2D eigenvalue weighted by molar-refractivity contribution is 6.04. The largest absolute Gasteiger partial charge is 0.352 e. The van der Waals surface area contributed by atoms with E-state index in [1.165, 1.54) is 6.20 Å². The molecule has 0 atom stereocenters. The van der Waals surface area contributed by atoms with E-state index in [1.807, 2.05) is 37.3 Å². The summed E-state index contributed by atoms with van der Waals surface area (Å²) < 4.78 is 1.71. The van der Waals surface area contributed by atoms with Crippen molar-refractivity contribution >= 4 is 17.5 Å². The molecule has 6 nitrogen and oxygen atoms in total. The number of carbonyl (C=O) groups is 2. The summed E-state index contributed by atoms with van der Waals surface area (Å²) in [5.74, 6) is -0.470. The van der Waals surface area contributed by atoms with Gasteiger partial charge in [0, 0.05) is 23.5 Å². The van der Waals surface area contributed by atoms with E-state index < -0.39 is 0 Å². The Kier molecular flexibility index (Phi) is 4.89. The molecule has 6 heteroatoms. The van der Waals surface area contributed by atoms with Crippen LogP contribution in [0.15, 0.2) is 67.1 Å². The number of hydrogen-bond donors (Lipinski definition) is 2. The molecule has 0 saturated heterocycles. The van der Waals surface area contributed by atoms with E-state index in [0.29, 0.717) is 23.5 Å². The van der Waals surface area contributed by atoms with E-state index in [-0.39, 0.29) is 11.8 Å². The maximum atomic E-state index is 12.6. The van der Waals surface area contributed by atoms with Crippen molar-refractivity contribution < 1.29 is 9.59 Å². The molecule has 3 aromatic rings. The van der Waals surface area contributed by atoms with Crippen LogP contribution in [0.25, 0.3) is 5.69 Å². The molecule has 0 aliphatic carbocycles. The molecule has 0 unspecified atom stereocenters. The van der Waals surface area contributed by atoms with Gasteiger partial charge in [0.05, 0.1) is 12.5 Å². The number of carbonyl (C=O) groups excluding carboxylic acids is 2. The standard InChI is InChI=1S/C19H18N4O2/c1-2-21-18(24)14-7-6-8-15(11-14)22-19(25)17-12-20-13-23(17)16-9-4-3-5-10-16/h3-13H,2H2,1H3,(H,21,24)(H,22,25). The zero-order valence-electron chi connectivity index (χ0n) is 13.8. The molecular formula is C19H18N4O2. The molecule has 126 valence electrons. The fraction of sp³-hybridized carbons (Fsp3) is 0.105. The molecule has 25 heavy (non-hydrogen) atoms. The Morgan fingerprint density at radius 3 is 2.60 bits per heavy atom. The van der Waals surface area contributed by atoms with E-state index >= 15 is 0 Å². The fourth-order valence-corrected chi connectivity index (χ4v) is 2.45. The average molecular weight is 334 g/mol. The van der Waals surface area contributed by atoms with Crippen molar-refractivity contribution in [2.24, 2.45) is 0 Å². The first-order valence-corrected chi connectivity index (χ1v) is 7.96. The Bertz CT molecular complexity index is 887. The summed E-state index contributed by atoms with van der Waals surface area (Å²) in [5, 5.41) is 5.55. The van der Waals surface area contributed by atoms with Crippen LogP contribution in [-0.4, -0.2) is 27.9 Å². The van der Waals surface area contributed by atoms with E-state index in [0.717, 1.165) is 5.69 Å². The van der Waals surface area contributed by atoms with Crippen LogP contribution in [0.5, 0.6) is 0 Å². The lowest BCUT2D eigenvalue weighted by Crippen LogP contribution is -2.23. The maximum absolute atomic E-state index is 12.6. The third-order valence-corrected chi connectivity index (χ3v) is 3.63. The number of para-hydroxylation sites is 1. The van der Waals surface area contributed by atoms with Gasteiger partial charge in [0.1, 0.15) is 5.69 Å². The highest BCUT2D eigenvalue weighted by Crippen LogP contribution is 2.15. The summed E-state index contributed by atoms with van der Waals surface area (Å²) in [6.07, 6.45) is 3.10. The maximum Gasteiger partial charge on any atom is 0.274 e. The van der Waals surface area contributed by atoms with Crippen LogP contribution in [0.3, 0.4) is 0 Å².